The van der Waals surface area contributed by atoms with Crippen LogP contribution in [0.4, 0.5) is 0 Å². The van der Waals surface area contributed by atoms with Crippen molar-refractivity contribution in [1.29, 1.82) is 0 Å². The van der Waals surface area contributed by atoms with Gasteiger partial charge in [0.2, 0.25) is 0 Å². The molecule has 0 aromatic heterocycles. The van der Waals surface area contributed by atoms with Gasteiger partial charge in [0.25, 0.3) is 0 Å². The number of piperidine rings is 1. The molecule has 0 aromatic rings. The topological polar surface area (TPSA) is 83.1 Å². The first-order valence-corrected chi connectivity index (χ1v) is 17.0. The van der Waals surface area contributed by atoms with Gasteiger partial charge in [-0.15, -0.1) is 0 Å². The first-order valence-electron chi connectivity index (χ1n) is 13.6. The Morgan fingerprint density at radius 3 is 2.00 bits per heavy atom. The van der Waals surface area contributed by atoms with E-state index in [1.807, 2.05) is 6.92 Å². The van der Waals surface area contributed by atoms with E-state index in [0.29, 0.717) is 19.4 Å². The van der Waals surface area contributed by atoms with Gasteiger partial charge in [-0.2, -0.15) is 0 Å². The van der Waals surface area contributed by atoms with Crippen LogP contribution in [-0.4, -0.2) is 63.4 Å². The minimum Gasteiger partial charge on any atom is -0.465 e. The van der Waals surface area contributed by atoms with E-state index in [9.17, 15) is 9.59 Å². The number of hydrogen-bond acceptors (Lipinski definition) is 7. The molecular formula is C27H53NO6Si. The summed E-state index contributed by atoms with van der Waals surface area (Å²) >= 11 is 0. The van der Waals surface area contributed by atoms with Crippen LogP contribution in [0.2, 0.25) is 19.6 Å². The highest BCUT2D eigenvalue weighted by Crippen LogP contribution is 2.30. The highest BCUT2D eigenvalue weighted by atomic mass is 28.4. The Hall–Kier alpha value is -0.963. The van der Waals surface area contributed by atoms with Crippen molar-refractivity contribution >= 4 is 20.3 Å². The van der Waals surface area contributed by atoms with Crippen LogP contribution < -0.4 is 5.32 Å². The van der Waals surface area contributed by atoms with Crippen molar-refractivity contribution in [3.63, 3.8) is 0 Å². The van der Waals surface area contributed by atoms with Gasteiger partial charge in [-0.05, 0) is 106 Å². The first-order chi connectivity index (χ1) is 16.2. The third-order valence-electron chi connectivity index (χ3n) is 6.02. The van der Waals surface area contributed by atoms with Crippen molar-refractivity contribution in [2.24, 2.45) is 5.92 Å². The Bertz CT molecular complexity index is 630. The Labute approximate surface area is 215 Å². The van der Waals surface area contributed by atoms with Gasteiger partial charge < -0.3 is 24.0 Å². The molecule has 8 heteroatoms. The maximum Gasteiger partial charge on any atom is 0.320 e. The van der Waals surface area contributed by atoms with E-state index in [0.717, 1.165) is 45.1 Å². The van der Waals surface area contributed by atoms with Gasteiger partial charge in [-0.1, -0.05) is 6.92 Å². The molecule has 0 radical (unpaired) electrons. The Morgan fingerprint density at radius 1 is 0.886 bits per heavy atom. The van der Waals surface area contributed by atoms with Crippen LogP contribution >= 0.6 is 0 Å². The predicted molar refractivity (Wildman–Crippen MR) is 143 cm³/mol. The van der Waals surface area contributed by atoms with E-state index in [4.69, 9.17) is 18.6 Å². The smallest absolute Gasteiger partial charge is 0.320 e. The van der Waals surface area contributed by atoms with Crippen LogP contribution in [0.1, 0.15) is 92.9 Å². The summed E-state index contributed by atoms with van der Waals surface area (Å²) in [6.07, 6.45) is 6.86. The van der Waals surface area contributed by atoms with Crippen LogP contribution in [-0.2, 0) is 28.2 Å². The third kappa shape index (κ3) is 13.8. The summed E-state index contributed by atoms with van der Waals surface area (Å²) < 4.78 is 23.1. The molecule has 2 atom stereocenters. The minimum atomic E-state index is -1.73. The normalized spacial score (nSPS) is 19.7. The van der Waals surface area contributed by atoms with Crippen molar-refractivity contribution in [3.8, 4) is 0 Å². The molecule has 0 bridgehead atoms. The summed E-state index contributed by atoms with van der Waals surface area (Å²) in [5, 5.41) is 3.70. The van der Waals surface area contributed by atoms with Crippen molar-refractivity contribution in [3.05, 3.63) is 0 Å². The molecule has 206 valence electrons. The molecule has 1 aliphatic heterocycles. The zero-order chi connectivity index (χ0) is 26.7. The number of carbonyl (C=O) groups excluding carboxylic acids is 2. The molecule has 1 rings (SSSR count). The average Bonchev–Trinajstić information content (AvgIpc) is 2.69. The van der Waals surface area contributed by atoms with Crippen LogP contribution in [0.15, 0.2) is 0 Å². The molecule has 35 heavy (non-hydrogen) atoms. The number of rotatable bonds is 16. The molecule has 0 aliphatic carbocycles. The van der Waals surface area contributed by atoms with Gasteiger partial charge >= 0.3 is 11.9 Å². The van der Waals surface area contributed by atoms with Crippen LogP contribution in [0.3, 0.4) is 0 Å². The van der Waals surface area contributed by atoms with Gasteiger partial charge in [0.05, 0.1) is 19.3 Å². The quantitative estimate of drug-likeness (QED) is 0.124. The fraction of sp³-hybridized carbons (Fsp3) is 0.926. The highest BCUT2D eigenvalue weighted by Gasteiger charge is 2.38. The summed E-state index contributed by atoms with van der Waals surface area (Å²) in [4.78, 5) is 24.7. The molecule has 2 unspecified atom stereocenters. The molecule has 7 nitrogen and oxygen atoms in total. The molecule has 0 spiro atoms. The fourth-order valence-corrected chi connectivity index (χ4v) is 6.33. The Morgan fingerprint density at radius 2 is 1.46 bits per heavy atom. The van der Waals surface area contributed by atoms with E-state index in [2.05, 4.69) is 52.7 Å². The first kappa shape index (κ1) is 32.1. The van der Waals surface area contributed by atoms with Gasteiger partial charge in [0.15, 0.2) is 14.2 Å². The van der Waals surface area contributed by atoms with Gasteiger partial charge in [-0.3, -0.25) is 9.59 Å². The lowest BCUT2D eigenvalue weighted by molar-refractivity contribution is -0.162. The second-order valence-electron chi connectivity index (χ2n) is 12.2. The van der Waals surface area contributed by atoms with E-state index < -0.39 is 26.2 Å². The minimum absolute atomic E-state index is 0.0731. The highest BCUT2D eigenvalue weighted by molar-refractivity contribution is 6.69. The van der Waals surface area contributed by atoms with Crippen molar-refractivity contribution in [2.45, 2.75) is 136 Å². The van der Waals surface area contributed by atoms with Gasteiger partial charge in [0.1, 0.15) is 0 Å². The van der Waals surface area contributed by atoms with Crippen LogP contribution in [0.25, 0.3) is 0 Å². The monoisotopic (exact) mass is 515 g/mol. The summed E-state index contributed by atoms with van der Waals surface area (Å²) in [5.74, 6) is -1.82. The number of hydrogen-bond donors (Lipinski definition) is 1. The van der Waals surface area contributed by atoms with E-state index in [1.165, 1.54) is 0 Å². The molecule has 1 saturated heterocycles. The second-order valence-corrected chi connectivity index (χ2v) is 16.7. The fourth-order valence-electron chi connectivity index (χ4n) is 5.10. The number of nitrogens with one attached hydrogen (secondary N) is 1. The lowest BCUT2D eigenvalue weighted by atomic mass is 9.81. The maximum absolute atomic E-state index is 12.4. The van der Waals surface area contributed by atoms with E-state index in [1.54, 1.807) is 6.92 Å². The zero-order valence-electron chi connectivity index (χ0n) is 24.0. The van der Waals surface area contributed by atoms with Gasteiger partial charge in [0, 0.05) is 23.8 Å². The van der Waals surface area contributed by atoms with Crippen molar-refractivity contribution < 1.29 is 28.2 Å². The standard InChI is InChI=1S/C27H53NO6Si/c1-10-17-33-25(30)23(24(29)31-11-2)16-12-14-21(34-35(7,8)9)15-13-18-32-22-19-26(3,4)28-27(5,6)20-22/h21-23,28H,10-20H2,1-9H3. The molecule has 1 heterocycles. The van der Waals surface area contributed by atoms with Crippen LogP contribution in [0.5, 0.6) is 0 Å². The molecule has 1 N–H and O–H groups in total. The molecule has 0 aromatic carbocycles. The molecular weight excluding hydrogens is 462 g/mol. The zero-order valence-corrected chi connectivity index (χ0v) is 25.0. The maximum atomic E-state index is 12.4. The number of carbonyl (C=O) groups is 2. The molecule has 1 aliphatic rings. The second kappa shape index (κ2) is 14.7. The predicted octanol–water partition coefficient (Wildman–Crippen LogP) is 5.62. The Kier molecular flexibility index (Phi) is 13.5. The molecule has 0 saturated carbocycles. The SMILES string of the molecule is CCCOC(=O)C(CCCC(CCCOC1CC(C)(C)NC(C)(C)C1)O[Si](C)(C)C)C(=O)OCC. The van der Waals surface area contributed by atoms with E-state index in [-0.39, 0.29) is 29.9 Å². The molecule has 0 amide bonds. The summed E-state index contributed by atoms with van der Waals surface area (Å²) in [7, 11) is -1.73. The third-order valence-corrected chi connectivity index (χ3v) is 7.06. The molecule has 1 fully saturated rings. The van der Waals surface area contributed by atoms with Crippen LogP contribution in [0, 0.1) is 5.92 Å². The van der Waals surface area contributed by atoms with E-state index >= 15 is 0 Å². The van der Waals surface area contributed by atoms with Crippen molar-refractivity contribution in [1.82, 2.24) is 5.32 Å². The summed E-state index contributed by atoms with van der Waals surface area (Å²) in [6.45, 7) is 20.5. The average molecular weight is 516 g/mol. The van der Waals surface area contributed by atoms with Crippen molar-refractivity contribution in [2.75, 3.05) is 19.8 Å². The summed E-state index contributed by atoms with van der Waals surface area (Å²) in [5.41, 5.74) is 0.146. The lowest BCUT2D eigenvalue weighted by Gasteiger charge is -2.46. The number of ether oxygens (including phenoxy) is 3. The summed E-state index contributed by atoms with van der Waals surface area (Å²) in [6, 6.07) is 0. The lowest BCUT2D eigenvalue weighted by Crippen LogP contribution is -2.59. The largest absolute Gasteiger partial charge is 0.465 e. The van der Waals surface area contributed by atoms with Gasteiger partial charge in [-0.25, -0.2) is 0 Å². The number of esters is 2. The Balaban J connectivity index is 2.59.